The van der Waals surface area contributed by atoms with Crippen molar-refractivity contribution in [1.82, 2.24) is 9.97 Å². The molecule has 0 atom stereocenters. The average molecular weight is 332 g/mol. The first-order valence-corrected chi connectivity index (χ1v) is 8.74. The van der Waals surface area contributed by atoms with Crippen LogP contribution in [-0.2, 0) is 0 Å². The van der Waals surface area contributed by atoms with Gasteiger partial charge in [-0.3, -0.25) is 0 Å². The third-order valence-electron chi connectivity index (χ3n) is 3.78. The quantitative estimate of drug-likeness (QED) is 0.632. The molecule has 1 aromatic carbocycles. The Labute approximate surface area is 140 Å². The van der Waals surface area contributed by atoms with E-state index in [1.807, 2.05) is 12.1 Å². The van der Waals surface area contributed by atoms with Crippen LogP contribution in [0.2, 0.25) is 0 Å². The lowest BCUT2D eigenvalue weighted by Crippen LogP contribution is -2.46. The Morgan fingerprint density at radius 2 is 1.65 bits per heavy atom. The number of benzene rings is 1. The van der Waals surface area contributed by atoms with Crippen LogP contribution < -0.4 is 9.80 Å². The summed E-state index contributed by atoms with van der Waals surface area (Å²) < 4.78 is 13.0. The molecule has 122 valence electrons. The maximum absolute atomic E-state index is 13.0. The molecule has 2 aromatic rings. The molecule has 1 saturated heterocycles. The minimum Gasteiger partial charge on any atom is -0.368 e. The molecule has 0 amide bonds. The van der Waals surface area contributed by atoms with Crippen LogP contribution in [-0.4, -0.2) is 41.4 Å². The molecule has 6 heteroatoms. The number of nitrogens with zero attached hydrogens (tertiary/aromatic N) is 4. The highest BCUT2D eigenvalue weighted by atomic mass is 32.2. The first-order chi connectivity index (χ1) is 11.1. The number of piperazine rings is 1. The minimum absolute atomic E-state index is 0.191. The lowest BCUT2D eigenvalue weighted by Gasteiger charge is -2.36. The molecule has 23 heavy (non-hydrogen) atoms. The van der Waals surface area contributed by atoms with Gasteiger partial charge in [0.1, 0.15) is 23.0 Å². The second kappa shape index (κ2) is 7.17. The van der Waals surface area contributed by atoms with Gasteiger partial charge in [-0.15, -0.1) is 11.8 Å². The predicted molar refractivity (Wildman–Crippen MR) is 93.9 cm³/mol. The van der Waals surface area contributed by atoms with Gasteiger partial charge >= 0.3 is 0 Å². The van der Waals surface area contributed by atoms with Crippen molar-refractivity contribution in [2.75, 3.05) is 36.0 Å². The van der Waals surface area contributed by atoms with Gasteiger partial charge in [0.25, 0.3) is 0 Å². The lowest BCUT2D eigenvalue weighted by molar-refractivity contribution is 0.624. The molecule has 0 radical (unpaired) electrons. The van der Waals surface area contributed by atoms with Gasteiger partial charge in [0.05, 0.1) is 0 Å². The van der Waals surface area contributed by atoms with E-state index in [2.05, 4.69) is 39.7 Å². The second-order valence-electron chi connectivity index (χ2n) is 5.83. The topological polar surface area (TPSA) is 32.3 Å². The maximum Gasteiger partial charge on any atom is 0.133 e. The van der Waals surface area contributed by atoms with Gasteiger partial charge in [0, 0.05) is 43.2 Å². The van der Waals surface area contributed by atoms with Crippen molar-refractivity contribution in [1.29, 1.82) is 0 Å². The molecule has 0 saturated carbocycles. The Bertz CT molecular complexity index is 639. The molecule has 0 bridgehead atoms. The van der Waals surface area contributed by atoms with Crippen LogP contribution in [0.25, 0.3) is 0 Å². The average Bonchev–Trinajstić information content (AvgIpc) is 2.55. The molecule has 1 aliphatic heterocycles. The normalized spacial score (nSPS) is 15.3. The first-order valence-electron chi connectivity index (χ1n) is 7.86. The van der Waals surface area contributed by atoms with Crippen molar-refractivity contribution in [2.45, 2.75) is 24.1 Å². The van der Waals surface area contributed by atoms with E-state index < -0.39 is 0 Å². The minimum atomic E-state index is -0.191. The third kappa shape index (κ3) is 4.13. The molecule has 1 fully saturated rings. The van der Waals surface area contributed by atoms with Gasteiger partial charge in [0.2, 0.25) is 0 Å². The van der Waals surface area contributed by atoms with Gasteiger partial charge < -0.3 is 9.80 Å². The SMILES string of the molecule is CC(C)Sc1cc(N2CCN(c3ccc(F)cc3)CC2)ncn1. The summed E-state index contributed by atoms with van der Waals surface area (Å²) in [6.07, 6.45) is 1.65. The van der Waals surface area contributed by atoms with E-state index >= 15 is 0 Å². The number of hydrogen-bond donors (Lipinski definition) is 0. The van der Waals surface area contributed by atoms with Crippen LogP contribution in [0.15, 0.2) is 41.7 Å². The lowest BCUT2D eigenvalue weighted by atomic mass is 10.2. The summed E-state index contributed by atoms with van der Waals surface area (Å²) in [6, 6.07) is 8.78. The molecule has 1 aromatic heterocycles. The van der Waals surface area contributed by atoms with E-state index in [1.54, 1.807) is 18.1 Å². The predicted octanol–water partition coefficient (Wildman–Crippen LogP) is 3.44. The van der Waals surface area contributed by atoms with Crippen LogP contribution >= 0.6 is 11.8 Å². The molecule has 3 rings (SSSR count). The highest BCUT2D eigenvalue weighted by Gasteiger charge is 2.19. The summed E-state index contributed by atoms with van der Waals surface area (Å²) in [5, 5.41) is 1.53. The molecule has 1 aliphatic rings. The van der Waals surface area contributed by atoms with Crippen molar-refractivity contribution in [3.63, 3.8) is 0 Å². The van der Waals surface area contributed by atoms with Crippen molar-refractivity contribution >= 4 is 23.3 Å². The van der Waals surface area contributed by atoms with E-state index in [-0.39, 0.29) is 5.82 Å². The van der Waals surface area contributed by atoms with Crippen LogP contribution in [0.1, 0.15) is 13.8 Å². The number of rotatable bonds is 4. The van der Waals surface area contributed by atoms with E-state index in [0.717, 1.165) is 42.7 Å². The van der Waals surface area contributed by atoms with Crippen LogP contribution in [0, 0.1) is 5.82 Å². The summed E-state index contributed by atoms with van der Waals surface area (Å²) in [7, 11) is 0. The van der Waals surface area contributed by atoms with E-state index in [9.17, 15) is 4.39 Å². The van der Waals surface area contributed by atoms with Crippen LogP contribution in [0.3, 0.4) is 0 Å². The molecule has 0 spiro atoms. The Morgan fingerprint density at radius 1 is 1.00 bits per heavy atom. The number of hydrogen-bond acceptors (Lipinski definition) is 5. The number of halogens is 1. The second-order valence-corrected chi connectivity index (χ2v) is 7.43. The molecule has 0 aliphatic carbocycles. The van der Waals surface area contributed by atoms with Crippen molar-refractivity contribution < 1.29 is 4.39 Å². The number of aromatic nitrogens is 2. The first kappa shape index (κ1) is 16.1. The smallest absolute Gasteiger partial charge is 0.133 e. The Kier molecular flexibility index (Phi) is 5.00. The van der Waals surface area contributed by atoms with Gasteiger partial charge in [-0.1, -0.05) is 13.8 Å². The van der Waals surface area contributed by atoms with E-state index in [4.69, 9.17) is 0 Å². The summed E-state index contributed by atoms with van der Waals surface area (Å²) in [4.78, 5) is 13.3. The number of anilines is 2. The highest BCUT2D eigenvalue weighted by Crippen LogP contribution is 2.24. The van der Waals surface area contributed by atoms with E-state index in [1.165, 1.54) is 12.1 Å². The largest absolute Gasteiger partial charge is 0.368 e. The molecule has 0 N–H and O–H groups in total. The van der Waals surface area contributed by atoms with E-state index in [0.29, 0.717) is 5.25 Å². The monoisotopic (exact) mass is 332 g/mol. The zero-order valence-corrected chi connectivity index (χ0v) is 14.3. The van der Waals surface area contributed by atoms with Crippen molar-refractivity contribution in [2.24, 2.45) is 0 Å². The Morgan fingerprint density at radius 3 is 2.30 bits per heavy atom. The number of thioether (sulfide) groups is 1. The van der Waals surface area contributed by atoms with Gasteiger partial charge in [0.15, 0.2) is 0 Å². The zero-order chi connectivity index (χ0) is 16.2. The van der Waals surface area contributed by atoms with Crippen molar-refractivity contribution in [3.05, 3.63) is 42.5 Å². The Hall–Kier alpha value is -1.82. The fourth-order valence-electron chi connectivity index (χ4n) is 2.65. The Balaban J connectivity index is 1.63. The third-order valence-corrected chi connectivity index (χ3v) is 4.72. The summed E-state index contributed by atoms with van der Waals surface area (Å²) in [5.41, 5.74) is 1.07. The zero-order valence-electron chi connectivity index (χ0n) is 13.4. The fourth-order valence-corrected chi connectivity index (χ4v) is 3.42. The molecule has 2 heterocycles. The summed E-state index contributed by atoms with van der Waals surface area (Å²) in [6.45, 7) is 7.94. The van der Waals surface area contributed by atoms with Gasteiger partial charge in [-0.2, -0.15) is 0 Å². The maximum atomic E-state index is 13.0. The van der Waals surface area contributed by atoms with Crippen LogP contribution in [0.4, 0.5) is 15.9 Å². The molecule has 4 nitrogen and oxygen atoms in total. The van der Waals surface area contributed by atoms with Crippen molar-refractivity contribution in [3.8, 4) is 0 Å². The standard InChI is InChI=1S/C17H21FN4S/c1-13(2)23-17-11-16(19-12-20-17)22-9-7-21(8-10-22)15-5-3-14(18)4-6-15/h3-6,11-13H,7-10H2,1-2H3. The fraction of sp³-hybridized carbons (Fsp3) is 0.412. The summed E-state index contributed by atoms with van der Waals surface area (Å²) >= 11 is 1.75. The molecule has 0 unspecified atom stereocenters. The highest BCUT2D eigenvalue weighted by molar-refractivity contribution is 7.99. The van der Waals surface area contributed by atoms with Crippen LogP contribution in [0.5, 0.6) is 0 Å². The molecular formula is C17H21FN4S. The van der Waals surface area contributed by atoms with Gasteiger partial charge in [-0.05, 0) is 24.3 Å². The van der Waals surface area contributed by atoms with Gasteiger partial charge in [-0.25, -0.2) is 14.4 Å². The summed E-state index contributed by atoms with van der Waals surface area (Å²) in [5.74, 6) is 0.797. The molecular weight excluding hydrogens is 311 g/mol.